The van der Waals surface area contributed by atoms with Crippen LogP contribution in [0.3, 0.4) is 0 Å². The number of halogens is 1. The van der Waals surface area contributed by atoms with Gasteiger partial charge >= 0.3 is 0 Å². The van der Waals surface area contributed by atoms with Crippen molar-refractivity contribution in [3.8, 4) is 0 Å². The summed E-state index contributed by atoms with van der Waals surface area (Å²) in [6, 6.07) is 2.92. The topological polar surface area (TPSA) is 54.5 Å². The number of pyridine rings is 1. The number of nitrogens with zero attached hydrogens (tertiary/aromatic N) is 3. The van der Waals surface area contributed by atoms with Crippen LogP contribution in [0.5, 0.6) is 0 Å². The fraction of sp³-hybridized carbons (Fsp3) is 0.600. The molecule has 0 spiro atoms. The second kappa shape index (κ2) is 6.12. The van der Waals surface area contributed by atoms with Crippen molar-refractivity contribution in [2.45, 2.75) is 50.6 Å². The molecule has 2 N–H and O–H groups in total. The van der Waals surface area contributed by atoms with Crippen LogP contribution in [-0.2, 0) is 0 Å². The van der Waals surface area contributed by atoms with E-state index in [9.17, 15) is 0 Å². The Hall–Kier alpha value is -1.10. The van der Waals surface area contributed by atoms with Crippen LogP contribution >= 0.6 is 15.9 Å². The van der Waals surface area contributed by atoms with E-state index < -0.39 is 0 Å². The third kappa shape index (κ3) is 2.82. The molecule has 4 nitrogen and oxygen atoms in total. The van der Waals surface area contributed by atoms with Gasteiger partial charge in [-0.25, -0.2) is 0 Å². The molecule has 1 aromatic rings. The van der Waals surface area contributed by atoms with E-state index in [1.165, 1.54) is 44.1 Å². The first-order chi connectivity index (χ1) is 9.75. The van der Waals surface area contributed by atoms with Crippen LogP contribution in [0.4, 0.5) is 0 Å². The molecule has 5 heteroatoms. The zero-order valence-electron chi connectivity index (χ0n) is 11.6. The SMILES string of the molecule is NC1=NCC(c2cncc(Br)c2)N1C1CCCCCC1. The minimum atomic E-state index is 0.253. The van der Waals surface area contributed by atoms with Gasteiger partial charge in [0.05, 0.1) is 12.6 Å². The first kappa shape index (κ1) is 13.9. The second-order valence-electron chi connectivity index (χ2n) is 5.70. The Labute approximate surface area is 128 Å². The highest BCUT2D eigenvalue weighted by Gasteiger charge is 2.33. The molecule has 0 amide bonds. The molecule has 1 unspecified atom stereocenters. The van der Waals surface area contributed by atoms with Crippen molar-refractivity contribution in [3.63, 3.8) is 0 Å². The molecule has 3 rings (SSSR count). The highest BCUT2D eigenvalue weighted by molar-refractivity contribution is 9.10. The van der Waals surface area contributed by atoms with Gasteiger partial charge in [0.1, 0.15) is 0 Å². The number of guanidine groups is 1. The summed E-state index contributed by atoms with van der Waals surface area (Å²) >= 11 is 3.50. The maximum absolute atomic E-state index is 6.17. The fourth-order valence-corrected chi connectivity index (χ4v) is 3.75. The molecule has 1 atom stereocenters. The monoisotopic (exact) mass is 336 g/mol. The fourth-order valence-electron chi connectivity index (χ4n) is 3.36. The van der Waals surface area contributed by atoms with Crippen LogP contribution in [-0.4, -0.2) is 28.4 Å². The summed E-state index contributed by atoms with van der Waals surface area (Å²) in [6.07, 6.45) is 11.5. The van der Waals surface area contributed by atoms with Gasteiger partial charge in [-0.1, -0.05) is 25.7 Å². The average Bonchev–Trinajstić information content (AvgIpc) is 2.66. The molecule has 108 valence electrons. The van der Waals surface area contributed by atoms with Crippen LogP contribution in [0, 0.1) is 0 Å². The molecular weight excluding hydrogens is 316 g/mol. The van der Waals surface area contributed by atoms with E-state index in [4.69, 9.17) is 5.73 Å². The highest BCUT2D eigenvalue weighted by atomic mass is 79.9. The van der Waals surface area contributed by atoms with Gasteiger partial charge in [0, 0.05) is 22.9 Å². The number of rotatable bonds is 2. The number of nitrogens with two attached hydrogens (primary N) is 1. The predicted octanol–water partition coefficient (Wildman–Crippen LogP) is 3.24. The van der Waals surface area contributed by atoms with E-state index in [-0.39, 0.29) is 6.04 Å². The Morgan fingerprint density at radius 3 is 2.60 bits per heavy atom. The predicted molar refractivity (Wildman–Crippen MR) is 84.5 cm³/mol. The maximum atomic E-state index is 6.17. The Bertz CT molecular complexity index is 494. The first-order valence-electron chi connectivity index (χ1n) is 7.44. The Morgan fingerprint density at radius 1 is 1.15 bits per heavy atom. The third-order valence-corrected chi connectivity index (χ3v) is 4.79. The lowest BCUT2D eigenvalue weighted by atomic mass is 10.0. The van der Waals surface area contributed by atoms with Crippen molar-refractivity contribution in [2.75, 3.05) is 6.54 Å². The lowest BCUT2D eigenvalue weighted by molar-refractivity contribution is 0.237. The normalized spacial score (nSPS) is 24.6. The molecule has 0 radical (unpaired) electrons. The summed E-state index contributed by atoms with van der Waals surface area (Å²) in [5, 5.41) is 0. The molecule has 20 heavy (non-hydrogen) atoms. The van der Waals surface area contributed by atoms with Gasteiger partial charge < -0.3 is 10.6 Å². The van der Waals surface area contributed by atoms with Gasteiger partial charge in [0.2, 0.25) is 0 Å². The number of hydrogen-bond acceptors (Lipinski definition) is 4. The maximum Gasteiger partial charge on any atom is 0.192 e. The minimum absolute atomic E-state index is 0.253. The molecular formula is C15H21BrN4. The van der Waals surface area contributed by atoms with Crippen molar-refractivity contribution in [1.82, 2.24) is 9.88 Å². The smallest absolute Gasteiger partial charge is 0.192 e. The van der Waals surface area contributed by atoms with Crippen LogP contribution in [0.25, 0.3) is 0 Å². The summed E-state index contributed by atoms with van der Waals surface area (Å²) in [5.74, 6) is 0.710. The Kier molecular flexibility index (Phi) is 4.24. The van der Waals surface area contributed by atoms with Gasteiger partial charge in [-0.3, -0.25) is 9.98 Å². The van der Waals surface area contributed by atoms with Gasteiger partial charge in [-0.15, -0.1) is 0 Å². The van der Waals surface area contributed by atoms with Gasteiger partial charge in [0.25, 0.3) is 0 Å². The van der Waals surface area contributed by atoms with Crippen molar-refractivity contribution in [1.29, 1.82) is 0 Å². The molecule has 1 fully saturated rings. The first-order valence-corrected chi connectivity index (χ1v) is 8.24. The number of aromatic nitrogens is 1. The van der Waals surface area contributed by atoms with E-state index >= 15 is 0 Å². The zero-order chi connectivity index (χ0) is 13.9. The third-order valence-electron chi connectivity index (χ3n) is 4.36. The molecule has 1 aliphatic heterocycles. The van der Waals surface area contributed by atoms with Crippen molar-refractivity contribution >= 4 is 21.9 Å². The van der Waals surface area contributed by atoms with Crippen LogP contribution in [0.2, 0.25) is 0 Å². The van der Waals surface area contributed by atoms with E-state index in [1.54, 1.807) is 0 Å². The van der Waals surface area contributed by atoms with E-state index in [2.05, 4.69) is 36.9 Å². The largest absolute Gasteiger partial charge is 0.370 e. The molecule has 2 heterocycles. The van der Waals surface area contributed by atoms with Gasteiger partial charge in [-0.2, -0.15) is 0 Å². The zero-order valence-corrected chi connectivity index (χ0v) is 13.2. The minimum Gasteiger partial charge on any atom is -0.370 e. The van der Waals surface area contributed by atoms with Crippen LogP contribution < -0.4 is 5.73 Å². The molecule has 1 aliphatic carbocycles. The number of aliphatic imine (C=N–C) groups is 1. The highest BCUT2D eigenvalue weighted by Crippen LogP contribution is 2.33. The van der Waals surface area contributed by atoms with Gasteiger partial charge in [0.15, 0.2) is 5.96 Å². The average molecular weight is 337 g/mol. The molecule has 1 aromatic heterocycles. The lowest BCUT2D eigenvalue weighted by Crippen LogP contribution is -2.43. The molecule has 0 aromatic carbocycles. The van der Waals surface area contributed by atoms with E-state index in [0.717, 1.165) is 11.0 Å². The van der Waals surface area contributed by atoms with Crippen LogP contribution in [0.15, 0.2) is 27.9 Å². The number of hydrogen-bond donors (Lipinski definition) is 1. The van der Waals surface area contributed by atoms with Gasteiger partial charge in [-0.05, 0) is 40.4 Å². The summed E-state index contributed by atoms with van der Waals surface area (Å²) in [7, 11) is 0. The summed E-state index contributed by atoms with van der Waals surface area (Å²) in [4.78, 5) is 11.1. The van der Waals surface area contributed by atoms with E-state index in [1.807, 2.05) is 12.4 Å². The Balaban J connectivity index is 1.84. The quantitative estimate of drug-likeness (QED) is 0.843. The molecule has 0 bridgehead atoms. The van der Waals surface area contributed by atoms with Crippen molar-refractivity contribution in [2.24, 2.45) is 10.7 Å². The lowest BCUT2D eigenvalue weighted by Gasteiger charge is -2.34. The molecule has 2 aliphatic rings. The molecule has 0 saturated heterocycles. The summed E-state index contributed by atoms with van der Waals surface area (Å²) in [5.41, 5.74) is 7.37. The standard InChI is InChI=1S/C15H21BrN4/c16-12-7-11(8-18-9-12)14-10-19-15(17)20(14)13-5-3-1-2-4-6-13/h7-9,13-14H,1-6,10H2,(H2,17,19). The Morgan fingerprint density at radius 2 is 1.90 bits per heavy atom. The van der Waals surface area contributed by atoms with Crippen LogP contribution in [0.1, 0.15) is 50.1 Å². The second-order valence-corrected chi connectivity index (χ2v) is 6.62. The summed E-state index contributed by atoms with van der Waals surface area (Å²) < 4.78 is 1.02. The van der Waals surface area contributed by atoms with E-state index in [0.29, 0.717) is 12.0 Å². The van der Waals surface area contributed by atoms with Crippen molar-refractivity contribution in [3.05, 3.63) is 28.5 Å². The van der Waals surface area contributed by atoms with Crippen molar-refractivity contribution < 1.29 is 0 Å². The molecule has 1 saturated carbocycles. The summed E-state index contributed by atoms with van der Waals surface area (Å²) in [6.45, 7) is 0.750.